The van der Waals surface area contributed by atoms with Crippen molar-refractivity contribution in [3.63, 3.8) is 0 Å². The molecule has 0 amide bonds. The molecule has 0 fully saturated rings. The van der Waals surface area contributed by atoms with Crippen molar-refractivity contribution in [1.82, 2.24) is 0 Å². The van der Waals surface area contributed by atoms with Gasteiger partial charge in [-0.1, -0.05) is 6.92 Å². The van der Waals surface area contributed by atoms with Crippen LogP contribution in [0, 0.1) is 0 Å². The Balaban J connectivity index is 1.40. The number of alkyl halides is 3. The first kappa shape index (κ1) is 22.6. The number of ether oxygens (including phenoxy) is 4. The molecule has 1 N–H and O–H groups in total. The highest BCUT2D eigenvalue weighted by Crippen LogP contribution is 2.39. The topological polar surface area (TPSA) is 74.2 Å². The lowest BCUT2D eigenvalue weighted by atomic mass is 9.94. The van der Waals surface area contributed by atoms with Crippen LogP contribution in [0.5, 0.6) is 23.0 Å². The maximum Gasteiger partial charge on any atom is 0.422 e. The summed E-state index contributed by atoms with van der Waals surface area (Å²) < 4.78 is 58.0. The molecule has 0 aliphatic carbocycles. The Hall–Kier alpha value is -3.10. The molecule has 2 aromatic rings. The largest absolute Gasteiger partial charge is 0.493 e. The Kier molecular flexibility index (Phi) is 6.82. The number of carboxylic acids is 1. The SMILES string of the molecule is CC[C@@]1(C(=O)O)Cc2cc(OCCCOc3ccc(OCC(F)(F)F)cc3)ccc2O1. The highest BCUT2D eigenvalue weighted by Gasteiger charge is 2.45. The maximum absolute atomic E-state index is 12.1. The van der Waals surface area contributed by atoms with E-state index in [1.807, 2.05) is 0 Å². The smallest absolute Gasteiger partial charge is 0.422 e. The Morgan fingerprint density at radius 1 is 1.03 bits per heavy atom. The molecule has 0 saturated heterocycles. The molecule has 3 rings (SSSR count). The normalized spacial score (nSPS) is 17.5. The van der Waals surface area contributed by atoms with Crippen LogP contribution in [-0.4, -0.2) is 42.7 Å². The van der Waals surface area contributed by atoms with Crippen LogP contribution in [0.3, 0.4) is 0 Å². The van der Waals surface area contributed by atoms with Crippen LogP contribution >= 0.6 is 0 Å². The minimum absolute atomic E-state index is 0.114. The predicted octanol–water partition coefficient (Wildman–Crippen LogP) is 4.64. The summed E-state index contributed by atoms with van der Waals surface area (Å²) in [5, 5.41) is 9.45. The van der Waals surface area contributed by atoms with E-state index >= 15 is 0 Å². The number of carbonyl (C=O) groups is 1. The molecule has 9 heteroatoms. The molecule has 0 spiro atoms. The third-order valence-corrected chi connectivity index (χ3v) is 4.83. The molecule has 1 aliphatic rings. The molecule has 168 valence electrons. The fraction of sp³-hybridized carbons (Fsp3) is 0.409. The fourth-order valence-corrected chi connectivity index (χ4v) is 3.14. The Bertz CT molecular complexity index is 897. The molecule has 2 aromatic carbocycles. The zero-order valence-corrected chi connectivity index (χ0v) is 16.9. The predicted molar refractivity (Wildman–Crippen MR) is 105 cm³/mol. The van der Waals surface area contributed by atoms with E-state index in [9.17, 15) is 23.1 Å². The van der Waals surface area contributed by atoms with Crippen LogP contribution in [0.15, 0.2) is 42.5 Å². The summed E-state index contributed by atoms with van der Waals surface area (Å²) in [5.41, 5.74) is -0.423. The number of fused-ring (bicyclic) bond motifs is 1. The van der Waals surface area contributed by atoms with Gasteiger partial charge in [-0.05, 0) is 48.9 Å². The summed E-state index contributed by atoms with van der Waals surface area (Å²) in [5.74, 6) is 0.821. The first-order valence-corrected chi connectivity index (χ1v) is 9.81. The monoisotopic (exact) mass is 440 g/mol. The average molecular weight is 440 g/mol. The van der Waals surface area contributed by atoms with Crippen LogP contribution in [-0.2, 0) is 11.2 Å². The fourth-order valence-electron chi connectivity index (χ4n) is 3.14. The molecule has 6 nitrogen and oxygen atoms in total. The van der Waals surface area contributed by atoms with E-state index in [1.165, 1.54) is 24.3 Å². The van der Waals surface area contributed by atoms with Crippen molar-refractivity contribution < 1.29 is 42.0 Å². The molecule has 0 aromatic heterocycles. The van der Waals surface area contributed by atoms with Crippen molar-refractivity contribution in [3.8, 4) is 23.0 Å². The van der Waals surface area contributed by atoms with E-state index in [0.717, 1.165) is 5.56 Å². The summed E-state index contributed by atoms with van der Waals surface area (Å²) >= 11 is 0. The molecule has 0 unspecified atom stereocenters. The van der Waals surface area contributed by atoms with E-state index in [0.29, 0.717) is 43.3 Å². The second-order valence-electron chi connectivity index (χ2n) is 7.13. The second kappa shape index (κ2) is 9.36. The lowest BCUT2D eigenvalue weighted by Crippen LogP contribution is -2.42. The van der Waals surface area contributed by atoms with Gasteiger partial charge in [0.05, 0.1) is 13.2 Å². The van der Waals surface area contributed by atoms with Crippen molar-refractivity contribution in [1.29, 1.82) is 0 Å². The van der Waals surface area contributed by atoms with Gasteiger partial charge < -0.3 is 24.1 Å². The third kappa shape index (κ3) is 5.96. The lowest BCUT2D eigenvalue weighted by Gasteiger charge is -2.21. The standard InChI is InChI=1S/C22H23F3O6/c1-2-21(20(26)27)13-15-12-18(8-9-19(15)31-21)29-11-3-10-28-16-4-6-17(7-5-16)30-14-22(23,24)25/h4-9,12H,2-3,10-11,13-14H2,1H3,(H,26,27)/t21-/m0/s1. The second-order valence-corrected chi connectivity index (χ2v) is 7.13. The van der Waals surface area contributed by atoms with Gasteiger partial charge in [0.2, 0.25) is 5.60 Å². The van der Waals surface area contributed by atoms with Crippen LogP contribution < -0.4 is 18.9 Å². The van der Waals surface area contributed by atoms with Gasteiger partial charge in [0.25, 0.3) is 0 Å². The van der Waals surface area contributed by atoms with Crippen molar-refractivity contribution in [3.05, 3.63) is 48.0 Å². The number of aliphatic carboxylic acids is 1. The van der Waals surface area contributed by atoms with Gasteiger partial charge in [0.1, 0.15) is 23.0 Å². The van der Waals surface area contributed by atoms with Crippen molar-refractivity contribution in [2.24, 2.45) is 0 Å². The minimum Gasteiger partial charge on any atom is -0.493 e. The minimum atomic E-state index is -4.38. The molecule has 1 aliphatic heterocycles. The number of carboxylic acid groups (broad SMARTS) is 1. The van der Waals surface area contributed by atoms with Gasteiger partial charge in [0.15, 0.2) is 6.61 Å². The van der Waals surface area contributed by atoms with Crippen LogP contribution in [0.1, 0.15) is 25.3 Å². The number of hydrogen-bond acceptors (Lipinski definition) is 5. The molecule has 0 radical (unpaired) electrons. The maximum atomic E-state index is 12.1. The summed E-state index contributed by atoms with van der Waals surface area (Å²) in [6, 6.07) is 11.1. The highest BCUT2D eigenvalue weighted by molar-refractivity contribution is 5.80. The quantitative estimate of drug-likeness (QED) is 0.543. The average Bonchev–Trinajstić information content (AvgIpc) is 3.12. The zero-order valence-electron chi connectivity index (χ0n) is 16.9. The van der Waals surface area contributed by atoms with Gasteiger partial charge >= 0.3 is 12.1 Å². The molecular weight excluding hydrogens is 417 g/mol. The van der Waals surface area contributed by atoms with Crippen molar-refractivity contribution in [2.75, 3.05) is 19.8 Å². The van der Waals surface area contributed by atoms with E-state index in [4.69, 9.17) is 14.2 Å². The first-order chi connectivity index (χ1) is 14.7. The van der Waals surface area contributed by atoms with E-state index in [-0.39, 0.29) is 12.2 Å². The van der Waals surface area contributed by atoms with Gasteiger partial charge in [0, 0.05) is 18.4 Å². The Morgan fingerprint density at radius 2 is 1.61 bits per heavy atom. The number of hydrogen-bond donors (Lipinski definition) is 1. The summed E-state index contributed by atoms with van der Waals surface area (Å²) in [4.78, 5) is 11.5. The highest BCUT2D eigenvalue weighted by atomic mass is 19.4. The van der Waals surface area contributed by atoms with Crippen molar-refractivity contribution >= 4 is 5.97 Å². The van der Waals surface area contributed by atoms with Gasteiger partial charge in [-0.25, -0.2) is 4.79 Å². The zero-order chi connectivity index (χ0) is 22.5. The summed E-state index contributed by atoms with van der Waals surface area (Å²) in [6.45, 7) is 1.18. The summed E-state index contributed by atoms with van der Waals surface area (Å²) in [6.07, 6.45) is -3.15. The van der Waals surface area contributed by atoms with E-state index in [2.05, 4.69) is 4.74 Å². The van der Waals surface area contributed by atoms with Gasteiger partial charge in [-0.3, -0.25) is 0 Å². The number of benzene rings is 2. The summed E-state index contributed by atoms with van der Waals surface area (Å²) in [7, 11) is 0. The first-order valence-electron chi connectivity index (χ1n) is 9.81. The van der Waals surface area contributed by atoms with Crippen molar-refractivity contribution in [2.45, 2.75) is 38.0 Å². The van der Waals surface area contributed by atoms with Gasteiger partial charge in [-0.2, -0.15) is 13.2 Å². The van der Waals surface area contributed by atoms with E-state index in [1.54, 1.807) is 25.1 Å². The number of rotatable bonds is 10. The molecule has 1 heterocycles. The molecule has 1 atom stereocenters. The third-order valence-electron chi connectivity index (χ3n) is 4.83. The number of halogens is 3. The Labute approximate surface area is 177 Å². The lowest BCUT2D eigenvalue weighted by molar-refractivity contribution is -0.154. The molecule has 0 saturated carbocycles. The molecule has 0 bridgehead atoms. The Morgan fingerprint density at radius 3 is 2.19 bits per heavy atom. The molecule has 31 heavy (non-hydrogen) atoms. The van der Waals surface area contributed by atoms with Crippen LogP contribution in [0.25, 0.3) is 0 Å². The van der Waals surface area contributed by atoms with Crippen LogP contribution in [0.2, 0.25) is 0 Å². The van der Waals surface area contributed by atoms with Gasteiger partial charge in [-0.15, -0.1) is 0 Å². The molecular formula is C22H23F3O6. The van der Waals surface area contributed by atoms with E-state index < -0.39 is 24.4 Å². The van der Waals surface area contributed by atoms with Crippen LogP contribution in [0.4, 0.5) is 13.2 Å².